The summed E-state index contributed by atoms with van der Waals surface area (Å²) in [5, 5.41) is 10.6. The summed E-state index contributed by atoms with van der Waals surface area (Å²) in [7, 11) is 3.71. The number of rotatable bonds is 6. The molecule has 0 spiro atoms. The molecule has 0 bridgehead atoms. The van der Waals surface area contributed by atoms with E-state index in [1.807, 2.05) is 68.3 Å². The first-order valence-corrected chi connectivity index (χ1v) is 12.7. The average Bonchev–Trinajstić information content (AvgIpc) is 3.25. The molecule has 0 aliphatic carbocycles. The number of amides is 1. The Morgan fingerprint density at radius 1 is 1.14 bits per heavy atom. The monoisotopic (exact) mass is 503 g/mol. The molecular weight excluding hydrogens is 469 g/mol. The van der Waals surface area contributed by atoms with E-state index in [1.165, 1.54) is 6.21 Å². The van der Waals surface area contributed by atoms with Crippen molar-refractivity contribution in [3.8, 4) is 22.8 Å². The molecule has 1 saturated heterocycles. The number of benzene rings is 2. The predicted molar refractivity (Wildman–Crippen MR) is 146 cm³/mol. The smallest absolute Gasteiger partial charge is 0.254 e. The Kier molecular flexibility index (Phi) is 8.18. The van der Waals surface area contributed by atoms with E-state index in [2.05, 4.69) is 10.3 Å². The maximum Gasteiger partial charge on any atom is 0.254 e. The summed E-state index contributed by atoms with van der Waals surface area (Å²) < 4.78 is 20.8. The van der Waals surface area contributed by atoms with Gasteiger partial charge in [-0.05, 0) is 49.4 Å². The molecule has 2 N–H and O–H groups in total. The molecule has 2 aromatic carbocycles. The van der Waals surface area contributed by atoms with Crippen molar-refractivity contribution < 1.29 is 13.9 Å². The molecule has 1 fully saturated rings. The Balaban J connectivity index is 0.00000156. The third-order valence-corrected chi connectivity index (χ3v) is 6.76. The number of nitrogens with zero attached hydrogens (tertiary/aromatic N) is 3. The number of hydrogen-bond acceptors (Lipinski definition) is 6. The summed E-state index contributed by atoms with van der Waals surface area (Å²) in [4.78, 5) is 21.2. The van der Waals surface area contributed by atoms with Crippen LogP contribution in [0, 0.1) is 5.41 Å². The van der Waals surface area contributed by atoms with Gasteiger partial charge < -0.3 is 25.3 Å². The van der Waals surface area contributed by atoms with Crippen molar-refractivity contribution in [3.63, 3.8) is 0 Å². The number of nitrogens with one attached hydrogen (secondary N) is 2. The first kappa shape index (κ1) is 26.3. The first-order valence-electron chi connectivity index (χ1n) is 12.7. The van der Waals surface area contributed by atoms with Gasteiger partial charge in [0.2, 0.25) is 0 Å². The molecule has 5 rings (SSSR count). The summed E-state index contributed by atoms with van der Waals surface area (Å²) in [6, 6.07) is 14.4. The van der Waals surface area contributed by atoms with E-state index in [1.54, 1.807) is 24.2 Å². The van der Waals surface area contributed by atoms with Crippen LogP contribution in [-0.2, 0) is 6.54 Å². The van der Waals surface area contributed by atoms with Crippen molar-refractivity contribution in [1.82, 2.24) is 14.8 Å². The number of hydrogen-bond donors (Lipinski definition) is 2. The Morgan fingerprint density at radius 3 is 2.65 bits per heavy atom. The van der Waals surface area contributed by atoms with E-state index in [0.717, 1.165) is 34.6 Å². The number of aromatic nitrogens is 1. The topological polar surface area (TPSA) is 81.6 Å². The molecule has 3 aromatic rings. The highest BCUT2D eigenvalue weighted by molar-refractivity contribution is 5.99. The number of ether oxygens (including phenoxy) is 1. The minimum absolute atomic E-state index is 0.0949. The summed E-state index contributed by atoms with van der Waals surface area (Å²) >= 11 is 0. The second-order valence-electron chi connectivity index (χ2n) is 9.06. The Labute approximate surface area is 217 Å². The highest BCUT2D eigenvalue weighted by Gasteiger charge is 2.39. The standard InChI is InChI=1S/C27H28FN5O2.C2H6/c1-30-24-12-20(5-3-18(24)14-29)35-21-7-9-31-25(13-21)17-4-6-22-19(11-17)15-33(27(22)34)26-8-10-32(2)16-23(26)28;1-2/h3-7,9,11-14,23,26,29-30H,8,10,15-16H2,1-2H3;1-2H3/t23-,26+;/m1./s1. The van der Waals surface area contributed by atoms with E-state index in [9.17, 15) is 9.18 Å². The van der Waals surface area contributed by atoms with Gasteiger partial charge in [0, 0.05) is 73.6 Å². The number of anilines is 1. The number of carbonyl (C=O) groups is 1. The van der Waals surface area contributed by atoms with Crippen molar-refractivity contribution in [2.45, 2.75) is 39.0 Å². The molecule has 2 aliphatic heterocycles. The summed E-state index contributed by atoms with van der Waals surface area (Å²) in [5.41, 5.74) is 4.71. The first-order chi connectivity index (χ1) is 18.0. The van der Waals surface area contributed by atoms with Crippen LogP contribution in [0.1, 0.15) is 41.8 Å². The van der Waals surface area contributed by atoms with Crippen molar-refractivity contribution in [2.24, 2.45) is 0 Å². The molecule has 3 heterocycles. The number of fused-ring (bicyclic) bond motifs is 1. The largest absolute Gasteiger partial charge is 0.457 e. The number of halogens is 1. The lowest BCUT2D eigenvalue weighted by Crippen LogP contribution is -2.51. The molecule has 1 aromatic heterocycles. The van der Waals surface area contributed by atoms with Crippen LogP contribution in [0.4, 0.5) is 10.1 Å². The second kappa shape index (κ2) is 11.5. The van der Waals surface area contributed by atoms with Gasteiger partial charge in [0.25, 0.3) is 5.91 Å². The van der Waals surface area contributed by atoms with Crippen molar-refractivity contribution in [3.05, 3.63) is 71.4 Å². The lowest BCUT2D eigenvalue weighted by molar-refractivity contribution is 0.0345. The Bertz CT molecular complexity index is 1280. The van der Waals surface area contributed by atoms with Crippen molar-refractivity contribution in [2.75, 3.05) is 32.5 Å². The maximum atomic E-state index is 14.7. The van der Waals surface area contributed by atoms with Crippen molar-refractivity contribution in [1.29, 1.82) is 5.41 Å². The molecule has 2 atom stereocenters. The quantitative estimate of drug-likeness (QED) is 0.428. The molecule has 0 radical (unpaired) electrons. The lowest BCUT2D eigenvalue weighted by Gasteiger charge is -2.37. The Hall–Kier alpha value is -3.78. The van der Waals surface area contributed by atoms with Gasteiger partial charge in [-0.3, -0.25) is 9.78 Å². The molecular formula is C29H34FN5O2. The molecule has 194 valence electrons. The zero-order valence-electron chi connectivity index (χ0n) is 21.8. The highest BCUT2D eigenvalue weighted by atomic mass is 19.1. The summed E-state index contributed by atoms with van der Waals surface area (Å²) in [5.74, 6) is 1.18. The van der Waals surface area contributed by atoms with Gasteiger partial charge in [-0.2, -0.15) is 0 Å². The molecule has 0 saturated carbocycles. The number of piperidine rings is 1. The van der Waals surface area contributed by atoms with Crippen LogP contribution in [0.15, 0.2) is 54.7 Å². The molecule has 37 heavy (non-hydrogen) atoms. The number of carbonyl (C=O) groups excluding carboxylic acids is 1. The minimum Gasteiger partial charge on any atom is -0.457 e. The van der Waals surface area contributed by atoms with E-state index < -0.39 is 6.17 Å². The third kappa shape index (κ3) is 5.49. The normalized spacial score (nSPS) is 19.1. The number of pyridine rings is 1. The van der Waals surface area contributed by atoms with E-state index in [0.29, 0.717) is 36.6 Å². The van der Waals surface area contributed by atoms with Crippen LogP contribution in [0.5, 0.6) is 11.5 Å². The summed E-state index contributed by atoms with van der Waals surface area (Å²) in [6.45, 7) is 5.55. The van der Waals surface area contributed by atoms with E-state index in [-0.39, 0.29) is 11.9 Å². The SMILES string of the molecule is CC.CNc1cc(Oc2ccnc(-c3ccc4c(c3)CN([C@H]3CCN(C)C[C@H]3F)C4=O)c2)ccc1C=N. The zero-order chi connectivity index (χ0) is 26.5. The van der Waals surface area contributed by atoms with E-state index >= 15 is 0 Å². The molecule has 2 aliphatic rings. The fourth-order valence-electron chi connectivity index (χ4n) is 4.88. The molecule has 8 heteroatoms. The predicted octanol–water partition coefficient (Wildman–Crippen LogP) is 5.60. The average molecular weight is 504 g/mol. The van der Waals surface area contributed by atoms with Crippen LogP contribution in [0.3, 0.4) is 0 Å². The van der Waals surface area contributed by atoms with Gasteiger partial charge >= 0.3 is 0 Å². The van der Waals surface area contributed by atoms with Crippen molar-refractivity contribution >= 4 is 17.8 Å². The zero-order valence-corrected chi connectivity index (χ0v) is 21.8. The fraction of sp³-hybridized carbons (Fsp3) is 0.345. The van der Waals surface area contributed by atoms with Crippen LogP contribution >= 0.6 is 0 Å². The van der Waals surface area contributed by atoms with Gasteiger partial charge in [-0.1, -0.05) is 19.9 Å². The second-order valence-corrected chi connectivity index (χ2v) is 9.06. The van der Waals surface area contributed by atoms with Gasteiger partial charge in [0.15, 0.2) is 0 Å². The lowest BCUT2D eigenvalue weighted by atomic mass is 10.0. The van der Waals surface area contributed by atoms with Crippen LogP contribution in [0.25, 0.3) is 11.3 Å². The fourth-order valence-corrected chi connectivity index (χ4v) is 4.88. The molecule has 0 unspecified atom stereocenters. The number of likely N-dealkylation sites (tertiary alicyclic amines) is 1. The van der Waals surface area contributed by atoms with Gasteiger partial charge in [-0.15, -0.1) is 0 Å². The third-order valence-electron chi connectivity index (χ3n) is 6.76. The Morgan fingerprint density at radius 2 is 1.92 bits per heavy atom. The van der Waals surface area contributed by atoms with Crippen LogP contribution < -0.4 is 10.1 Å². The highest BCUT2D eigenvalue weighted by Crippen LogP contribution is 2.33. The van der Waals surface area contributed by atoms with Crippen LogP contribution in [0.2, 0.25) is 0 Å². The minimum atomic E-state index is -1.04. The maximum absolute atomic E-state index is 14.7. The number of alkyl halides is 1. The van der Waals surface area contributed by atoms with Crippen LogP contribution in [-0.4, -0.2) is 66.3 Å². The van der Waals surface area contributed by atoms with Gasteiger partial charge in [0.1, 0.15) is 17.7 Å². The van der Waals surface area contributed by atoms with Gasteiger partial charge in [-0.25, -0.2) is 4.39 Å². The van der Waals surface area contributed by atoms with E-state index in [4.69, 9.17) is 10.1 Å². The van der Waals surface area contributed by atoms with Gasteiger partial charge in [0.05, 0.1) is 11.7 Å². The molecule has 1 amide bonds. The molecule has 7 nitrogen and oxygen atoms in total. The summed E-state index contributed by atoms with van der Waals surface area (Å²) in [6.07, 6.45) is 2.58.